The first-order chi connectivity index (χ1) is 9.65. The van der Waals surface area contributed by atoms with Crippen molar-refractivity contribution in [1.29, 1.82) is 0 Å². The van der Waals surface area contributed by atoms with Gasteiger partial charge in [-0.05, 0) is 31.4 Å². The molecule has 0 unspecified atom stereocenters. The Kier molecular flexibility index (Phi) is 3.19. The molecule has 3 rings (SSSR count). The third kappa shape index (κ3) is 2.67. The summed E-state index contributed by atoms with van der Waals surface area (Å²) in [6.45, 7) is 0. The molecule has 2 heterocycles. The highest BCUT2D eigenvalue weighted by molar-refractivity contribution is 5.91. The second-order valence-corrected chi connectivity index (χ2v) is 5.19. The Bertz CT molecular complexity index is 588. The van der Waals surface area contributed by atoms with Crippen LogP contribution in [0.3, 0.4) is 0 Å². The molecule has 1 aliphatic rings. The number of anilines is 1. The van der Waals surface area contributed by atoms with E-state index in [0.717, 1.165) is 19.3 Å². The highest BCUT2D eigenvalue weighted by atomic mass is 16.1. The van der Waals surface area contributed by atoms with Crippen LogP contribution in [0.1, 0.15) is 25.7 Å². The number of rotatable bonds is 4. The van der Waals surface area contributed by atoms with Gasteiger partial charge in [-0.1, -0.05) is 0 Å². The zero-order valence-electron chi connectivity index (χ0n) is 11.0. The lowest BCUT2D eigenvalue weighted by atomic mass is 9.75. The Morgan fingerprint density at radius 3 is 2.85 bits per heavy atom. The fraction of sp³-hybridized carbons (Fsp3) is 0.385. The van der Waals surface area contributed by atoms with Crippen LogP contribution in [0.15, 0.2) is 31.0 Å². The molecule has 0 atom stereocenters. The van der Waals surface area contributed by atoms with Gasteiger partial charge in [0.15, 0.2) is 5.82 Å². The Morgan fingerprint density at radius 1 is 1.45 bits per heavy atom. The van der Waals surface area contributed by atoms with Crippen LogP contribution in [-0.4, -0.2) is 31.2 Å². The number of aromatic nitrogens is 4. The van der Waals surface area contributed by atoms with Gasteiger partial charge in [0.05, 0.1) is 11.9 Å². The van der Waals surface area contributed by atoms with E-state index in [4.69, 9.17) is 5.73 Å². The van der Waals surface area contributed by atoms with Crippen molar-refractivity contribution in [3.63, 3.8) is 0 Å². The molecule has 0 aromatic carbocycles. The van der Waals surface area contributed by atoms with E-state index in [2.05, 4.69) is 20.4 Å². The van der Waals surface area contributed by atoms with Crippen molar-refractivity contribution in [2.75, 3.05) is 5.32 Å². The molecule has 1 amide bonds. The second kappa shape index (κ2) is 5.01. The van der Waals surface area contributed by atoms with E-state index in [0.29, 0.717) is 17.9 Å². The van der Waals surface area contributed by atoms with Gasteiger partial charge in [0.1, 0.15) is 12.7 Å². The topological polar surface area (TPSA) is 98.7 Å². The average molecular weight is 272 g/mol. The molecule has 1 aliphatic carbocycles. The third-order valence-corrected chi connectivity index (χ3v) is 3.55. The molecule has 104 valence electrons. The fourth-order valence-corrected chi connectivity index (χ4v) is 2.25. The molecule has 2 aromatic heterocycles. The van der Waals surface area contributed by atoms with Gasteiger partial charge in [-0.2, -0.15) is 5.10 Å². The van der Waals surface area contributed by atoms with Crippen LogP contribution in [0.2, 0.25) is 0 Å². The SMILES string of the molecule is NC1(CC(=O)Nc2ccc(-n3cncn3)nc2)CCC1. The first-order valence-electron chi connectivity index (χ1n) is 6.54. The van der Waals surface area contributed by atoms with Gasteiger partial charge in [-0.25, -0.2) is 14.6 Å². The van der Waals surface area contributed by atoms with E-state index in [1.54, 1.807) is 29.3 Å². The molecule has 0 bridgehead atoms. The summed E-state index contributed by atoms with van der Waals surface area (Å²) < 4.78 is 1.55. The molecular weight excluding hydrogens is 256 g/mol. The van der Waals surface area contributed by atoms with Crippen molar-refractivity contribution in [3.8, 4) is 5.82 Å². The fourth-order valence-electron chi connectivity index (χ4n) is 2.25. The average Bonchev–Trinajstić information content (AvgIpc) is 2.91. The van der Waals surface area contributed by atoms with Crippen LogP contribution >= 0.6 is 0 Å². The molecular formula is C13H16N6O. The first kappa shape index (κ1) is 12.7. The summed E-state index contributed by atoms with van der Waals surface area (Å²) in [5.74, 6) is 0.581. The monoisotopic (exact) mass is 272 g/mol. The molecule has 3 N–H and O–H groups in total. The maximum Gasteiger partial charge on any atom is 0.226 e. The van der Waals surface area contributed by atoms with Gasteiger partial charge in [-0.15, -0.1) is 0 Å². The second-order valence-electron chi connectivity index (χ2n) is 5.19. The quantitative estimate of drug-likeness (QED) is 0.860. The van der Waals surface area contributed by atoms with Gasteiger partial charge >= 0.3 is 0 Å². The standard InChI is InChI=1S/C13H16N6O/c14-13(4-1-5-13)6-12(20)18-10-2-3-11(16-7-10)19-9-15-8-17-19/h2-3,7-9H,1,4-6,14H2,(H,18,20). The number of hydrogen-bond acceptors (Lipinski definition) is 5. The van der Waals surface area contributed by atoms with Crippen LogP contribution in [0.4, 0.5) is 5.69 Å². The lowest BCUT2D eigenvalue weighted by Crippen LogP contribution is -2.48. The molecule has 1 fully saturated rings. The lowest BCUT2D eigenvalue weighted by Gasteiger charge is -2.37. The predicted molar refractivity (Wildman–Crippen MR) is 73.2 cm³/mol. The van der Waals surface area contributed by atoms with Crippen molar-refractivity contribution in [1.82, 2.24) is 19.7 Å². The molecule has 7 heteroatoms. The number of hydrogen-bond donors (Lipinski definition) is 2. The van der Waals surface area contributed by atoms with E-state index < -0.39 is 0 Å². The number of carbonyl (C=O) groups excluding carboxylic acids is 1. The molecule has 2 aromatic rings. The summed E-state index contributed by atoms with van der Waals surface area (Å²) in [4.78, 5) is 20.0. The van der Waals surface area contributed by atoms with E-state index in [9.17, 15) is 4.79 Å². The number of amides is 1. The van der Waals surface area contributed by atoms with Gasteiger partial charge < -0.3 is 11.1 Å². The molecule has 0 saturated heterocycles. The summed E-state index contributed by atoms with van der Waals surface area (Å²) in [6.07, 6.45) is 7.91. The minimum absolute atomic E-state index is 0.0671. The van der Waals surface area contributed by atoms with Crippen LogP contribution in [-0.2, 0) is 4.79 Å². The third-order valence-electron chi connectivity index (χ3n) is 3.55. The van der Waals surface area contributed by atoms with Gasteiger partial charge in [-0.3, -0.25) is 4.79 Å². The molecule has 0 radical (unpaired) electrons. The highest BCUT2D eigenvalue weighted by Gasteiger charge is 2.34. The highest BCUT2D eigenvalue weighted by Crippen LogP contribution is 2.32. The molecule has 20 heavy (non-hydrogen) atoms. The summed E-state index contributed by atoms with van der Waals surface area (Å²) in [6, 6.07) is 3.55. The zero-order valence-corrected chi connectivity index (χ0v) is 11.0. The molecule has 0 spiro atoms. The first-order valence-corrected chi connectivity index (χ1v) is 6.54. The summed E-state index contributed by atoms with van der Waals surface area (Å²) >= 11 is 0. The minimum atomic E-state index is -0.307. The van der Waals surface area contributed by atoms with Crippen LogP contribution in [0, 0.1) is 0 Å². The number of pyridine rings is 1. The normalized spacial score (nSPS) is 16.4. The molecule has 0 aliphatic heterocycles. The maximum absolute atomic E-state index is 11.9. The van der Waals surface area contributed by atoms with Crippen molar-refractivity contribution in [3.05, 3.63) is 31.0 Å². The predicted octanol–water partition coefficient (Wildman–Crippen LogP) is 0.872. The largest absolute Gasteiger partial charge is 0.325 e. The number of nitrogens with one attached hydrogen (secondary N) is 1. The smallest absolute Gasteiger partial charge is 0.226 e. The van der Waals surface area contributed by atoms with Crippen molar-refractivity contribution in [2.24, 2.45) is 5.73 Å². The summed E-state index contributed by atoms with van der Waals surface area (Å²) in [5.41, 5.74) is 6.40. The van der Waals surface area contributed by atoms with Gasteiger partial charge in [0.25, 0.3) is 0 Å². The molecule has 7 nitrogen and oxygen atoms in total. The van der Waals surface area contributed by atoms with Crippen LogP contribution in [0.5, 0.6) is 0 Å². The Balaban J connectivity index is 1.62. The van der Waals surface area contributed by atoms with E-state index in [-0.39, 0.29) is 11.4 Å². The van der Waals surface area contributed by atoms with Gasteiger partial charge in [0, 0.05) is 12.0 Å². The minimum Gasteiger partial charge on any atom is -0.325 e. The van der Waals surface area contributed by atoms with E-state index in [1.165, 1.54) is 6.33 Å². The van der Waals surface area contributed by atoms with Crippen molar-refractivity contribution >= 4 is 11.6 Å². The lowest BCUT2D eigenvalue weighted by molar-refractivity contribution is -0.118. The van der Waals surface area contributed by atoms with E-state index >= 15 is 0 Å². The van der Waals surface area contributed by atoms with Gasteiger partial charge in [0.2, 0.25) is 5.91 Å². The number of nitrogens with zero attached hydrogens (tertiary/aromatic N) is 4. The van der Waals surface area contributed by atoms with Crippen molar-refractivity contribution < 1.29 is 4.79 Å². The van der Waals surface area contributed by atoms with E-state index in [1.807, 2.05) is 0 Å². The maximum atomic E-state index is 11.9. The Labute approximate surface area is 116 Å². The van der Waals surface area contributed by atoms with Crippen LogP contribution < -0.4 is 11.1 Å². The zero-order chi connectivity index (χ0) is 14.0. The number of nitrogens with two attached hydrogens (primary N) is 1. The number of carbonyl (C=O) groups is 1. The molecule has 1 saturated carbocycles. The summed E-state index contributed by atoms with van der Waals surface area (Å²) in [5, 5.41) is 6.80. The van der Waals surface area contributed by atoms with Crippen molar-refractivity contribution in [2.45, 2.75) is 31.2 Å². The van der Waals surface area contributed by atoms with Crippen LogP contribution in [0.25, 0.3) is 5.82 Å². The Morgan fingerprint density at radius 2 is 2.30 bits per heavy atom. The Hall–Kier alpha value is -2.28. The summed E-state index contributed by atoms with van der Waals surface area (Å²) in [7, 11) is 0.